The molecule has 0 radical (unpaired) electrons. The summed E-state index contributed by atoms with van der Waals surface area (Å²) in [6, 6.07) is -0.165. The Morgan fingerprint density at radius 3 is 2.62 bits per heavy atom. The highest BCUT2D eigenvalue weighted by molar-refractivity contribution is 5.74. The maximum Gasteiger partial charge on any atom is 0.314 e. The average Bonchev–Trinajstić information content (AvgIpc) is 2.87. The predicted octanol–water partition coefficient (Wildman–Crippen LogP) is 1.27. The molecule has 6 heteroatoms. The van der Waals surface area contributed by atoms with Gasteiger partial charge in [0, 0.05) is 19.6 Å². The summed E-state index contributed by atoms with van der Waals surface area (Å²) in [6.07, 6.45) is 4.14. The van der Waals surface area contributed by atoms with Crippen LogP contribution in [0.1, 0.15) is 39.0 Å². The van der Waals surface area contributed by atoms with Crippen LogP contribution in [0.3, 0.4) is 0 Å². The van der Waals surface area contributed by atoms with Crippen LogP contribution >= 0.6 is 0 Å². The number of hydrogen-bond donors (Lipinski definition) is 3. The van der Waals surface area contributed by atoms with Gasteiger partial charge >= 0.3 is 12.0 Å². The first-order valence-corrected chi connectivity index (χ1v) is 7.99. The van der Waals surface area contributed by atoms with Crippen LogP contribution in [0.25, 0.3) is 0 Å². The van der Waals surface area contributed by atoms with Crippen molar-refractivity contribution in [1.29, 1.82) is 0 Å². The molecule has 2 rings (SSSR count). The van der Waals surface area contributed by atoms with E-state index in [1.165, 1.54) is 0 Å². The summed E-state index contributed by atoms with van der Waals surface area (Å²) >= 11 is 0. The number of amides is 2. The lowest BCUT2D eigenvalue weighted by Crippen LogP contribution is -2.47. The second-order valence-electron chi connectivity index (χ2n) is 6.54. The van der Waals surface area contributed by atoms with Gasteiger partial charge in [-0.2, -0.15) is 0 Å². The third-order valence-corrected chi connectivity index (χ3v) is 4.93. The van der Waals surface area contributed by atoms with Gasteiger partial charge in [0.25, 0.3) is 0 Å². The Labute approximate surface area is 126 Å². The molecule has 1 aliphatic heterocycles. The molecule has 0 aromatic rings. The largest absolute Gasteiger partial charge is 0.481 e. The fourth-order valence-electron chi connectivity index (χ4n) is 3.35. The van der Waals surface area contributed by atoms with Crippen LogP contribution < -0.4 is 10.6 Å². The van der Waals surface area contributed by atoms with E-state index in [0.29, 0.717) is 19.0 Å². The van der Waals surface area contributed by atoms with Gasteiger partial charge in [0.05, 0.1) is 6.42 Å². The summed E-state index contributed by atoms with van der Waals surface area (Å²) in [5.41, 5.74) is -0.213. The van der Waals surface area contributed by atoms with E-state index >= 15 is 0 Å². The van der Waals surface area contributed by atoms with Crippen LogP contribution in [-0.2, 0) is 4.79 Å². The lowest BCUT2D eigenvalue weighted by atomic mass is 9.66. The van der Waals surface area contributed by atoms with Crippen LogP contribution in [0.5, 0.6) is 0 Å². The summed E-state index contributed by atoms with van der Waals surface area (Å²) in [7, 11) is 0. The van der Waals surface area contributed by atoms with Gasteiger partial charge < -0.3 is 20.6 Å². The van der Waals surface area contributed by atoms with E-state index in [0.717, 1.165) is 45.3 Å². The van der Waals surface area contributed by atoms with E-state index < -0.39 is 5.97 Å². The normalized spacial score (nSPS) is 24.3. The fraction of sp³-hybridized carbons (Fsp3) is 0.867. The molecular formula is C15H27N3O3. The quantitative estimate of drug-likeness (QED) is 0.661. The molecule has 2 amide bonds. The number of carbonyl (C=O) groups is 2. The smallest absolute Gasteiger partial charge is 0.314 e. The number of hydrogen-bond acceptors (Lipinski definition) is 3. The maximum atomic E-state index is 11.8. The number of carboxylic acids is 1. The minimum absolute atomic E-state index is 0.154. The number of rotatable bonds is 7. The monoisotopic (exact) mass is 297 g/mol. The van der Waals surface area contributed by atoms with Gasteiger partial charge in [-0.05, 0) is 43.7 Å². The van der Waals surface area contributed by atoms with E-state index in [9.17, 15) is 9.59 Å². The van der Waals surface area contributed by atoms with Crippen LogP contribution in [-0.4, -0.2) is 54.7 Å². The third kappa shape index (κ3) is 4.59. The molecule has 1 aliphatic carbocycles. The van der Waals surface area contributed by atoms with Gasteiger partial charge in [-0.25, -0.2) is 4.79 Å². The van der Waals surface area contributed by atoms with Gasteiger partial charge in [0.1, 0.15) is 0 Å². The molecule has 6 nitrogen and oxygen atoms in total. The van der Waals surface area contributed by atoms with Crippen molar-refractivity contribution in [3.8, 4) is 0 Å². The van der Waals surface area contributed by atoms with Crippen LogP contribution in [0.4, 0.5) is 4.79 Å². The summed E-state index contributed by atoms with van der Waals surface area (Å²) in [5, 5.41) is 14.7. The van der Waals surface area contributed by atoms with E-state index in [-0.39, 0.29) is 17.9 Å². The molecule has 0 bridgehead atoms. The van der Waals surface area contributed by atoms with Crippen molar-refractivity contribution in [1.82, 2.24) is 15.5 Å². The molecule has 0 aromatic carbocycles. The lowest BCUT2D eigenvalue weighted by Gasteiger charge is -2.40. The van der Waals surface area contributed by atoms with Gasteiger partial charge in [-0.1, -0.05) is 13.3 Å². The van der Waals surface area contributed by atoms with Crippen LogP contribution in [0, 0.1) is 11.3 Å². The van der Waals surface area contributed by atoms with Crippen molar-refractivity contribution in [2.24, 2.45) is 11.3 Å². The number of nitrogens with one attached hydrogen (secondary N) is 2. The molecular weight excluding hydrogens is 270 g/mol. The first-order valence-electron chi connectivity index (χ1n) is 7.99. The van der Waals surface area contributed by atoms with E-state index in [1.807, 2.05) is 0 Å². The Morgan fingerprint density at radius 1 is 1.33 bits per heavy atom. The highest BCUT2D eigenvalue weighted by Gasteiger charge is 2.39. The van der Waals surface area contributed by atoms with Crippen molar-refractivity contribution in [3.05, 3.63) is 0 Å². The van der Waals surface area contributed by atoms with Crippen molar-refractivity contribution in [3.63, 3.8) is 0 Å². The van der Waals surface area contributed by atoms with Crippen molar-refractivity contribution >= 4 is 12.0 Å². The SMILES string of the molecule is CCN1CCC(CNC(=O)NCC2(CC(=O)O)CCC2)C1. The first-order chi connectivity index (χ1) is 10.0. The highest BCUT2D eigenvalue weighted by Crippen LogP contribution is 2.43. The zero-order chi connectivity index (χ0) is 15.3. The Kier molecular flexibility index (Phi) is 5.45. The molecule has 0 aromatic heterocycles. The first kappa shape index (κ1) is 16.1. The van der Waals surface area contributed by atoms with Crippen LogP contribution in [0.15, 0.2) is 0 Å². The third-order valence-electron chi connectivity index (χ3n) is 4.93. The predicted molar refractivity (Wildman–Crippen MR) is 80.2 cm³/mol. The van der Waals surface area contributed by atoms with Gasteiger partial charge in [0.15, 0.2) is 0 Å². The number of carboxylic acid groups (broad SMARTS) is 1. The lowest BCUT2D eigenvalue weighted by molar-refractivity contribution is -0.141. The Bertz CT molecular complexity index is 382. The summed E-state index contributed by atoms with van der Waals surface area (Å²) < 4.78 is 0. The maximum absolute atomic E-state index is 11.8. The Morgan fingerprint density at radius 2 is 2.10 bits per heavy atom. The zero-order valence-electron chi connectivity index (χ0n) is 12.9. The zero-order valence-corrected chi connectivity index (χ0v) is 12.9. The van der Waals surface area contributed by atoms with Crippen LogP contribution in [0.2, 0.25) is 0 Å². The molecule has 3 N–H and O–H groups in total. The van der Waals surface area contributed by atoms with Crippen molar-refractivity contribution < 1.29 is 14.7 Å². The number of aliphatic carboxylic acids is 1. The number of carbonyl (C=O) groups excluding carboxylic acids is 1. The number of urea groups is 1. The molecule has 1 saturated carbocycles. The summed E-state index contributed by atoms with van der Waals surface area (Å²) in [5.74, 6) is -0.241. The number of nitrogens with zero attached hydrogens (tertiary/aromatic N) is 1. The summed E-state index contributed by atoms with van der Waals surface area (Å²) in [6.45, 7) is 6.57. The number of likely N-dealkylation sites (tertiary alicyclic amines) is 1. The highest BCUT2D eigenvalue weighted by atomic mass is 16.4. The Hall–Kier alpha value is -1.30. The van der Waals surface area contributed by atoms with Crippen molar-refractivity contribution in [2.45, 2.75) is 39.0 Å². The molecule has 21 heavy (non-hydrogen) atoms. The van der Waals surface area contributed by atoms with Gasteiger partial charge in [-0.3, -0.25) is 4.79 Å². The van der Waals surface area contributed by atoms with Gasteiger partial charge in [-0.15, -0.1) is 0 Å². The standard InChI is InChI=1S/C15H27N3O3/c1-2-18-7-4-12(10-18)9-16-14(21)17-11-15(5-3-6-15)8-13(19)20/h12H,2-11H2,1H3,(H,19,20)(H2,16,17,21). The second-order valence-corrected chi connectivity index (χ2v) is 6.54. The molecule has 120 valence electrons. The summed E-state index contributed by atoms with van der Waals surface area (Å²) in [4.78, 5) is 25.1. The fourth-order valence-corrected chi connectivity index (χ4v) is 3.35. The van der Waals surface area contributed by atoms with E-state index in [2.05, 4.69) is 22.5 Å². The molecule has 1 heterocycles. The molecule has 2 aliphatic rings. The Balaban J connectivity index is 1.64. The molecule has 1 atom stereocenters. The average molecular weight is 297 g/mol. The second kappa shape index (κ2) is 7.11. The van der Waals surface area contributed by atoms with E-state index in [4.69, 9.17) is 5.11 Å². The topological polar surface area (TPSA) is 81.7 Å². The minimum Gasteiger partial charge on any atom is -0.481 e. The molecule has 2 fully saturated rings. The molecule has 1 unspecified atom stereocenters. The minimum atomic E-state index is -0.775. The van der Waals surface area contributed by atoms with Crippen molar-refractivity contribution in [2.75, 3.05) is 32.7 Å². The molecule has 1 saturated heterocycles. The van der Waals surface area contributed by atoms with E-state index in [1.54, 1.807) is 0 Å². The molecule has 0 spiro atoms. The van der Waals surface area contributed by atoms with Gasteiger partial charge in [0.2, 0.25) is 0 Å².